The molecular formula is C22H20F3N5O2. The number of alkyl halides is 3. The number of rotatable bonds is 4. The summed E-state index contributed by atoms with van der Waals surface area (Å²) in [7, 11) is 1.83. The van der Waals surface area contributed by atoms with Gasteiger partial charge in [-0.15, -0.1) is 0 Å². The molecule has 0 radical (unpaired) electrons. The molecule has 7 nitrogen and oxygen atoms in total. The average Bonchev–Trinajstić information content (AvgIpc) is 3.10. The Morgan fingerprint density at radius 1 is 1.19 bits per heavy atom. The van der Waals surface area contributed by atoms with Gasteiger partial charge in [0.05, 0.1) is 17.4 Å². The Balaban J connectivity index is 1.22. The number of amides is 1. The number of halogens is 3. The predicted octanol–water partition coefficient (Wildman–Crippen LogP) is 2.94. The topological polar surface area (TPSA) is 81.0 Å². The Labute approximate surface area is 181 Å². The molecule has 10 heteroatoms. The summed E-state index contributed by atoms with van der Waals surface area (Å²) in [5, 5.41) is 5.02. The number of aryl methyl sites for hydroxylation is 1. The summed E-state index contributed by atoms with van der Waals surface area (Å²) in [6.07, 6.45) is 1.64. The van der Waals surface area contributed by atoms with Gasteiger partial charge in [0, 0.05) is 66.9 Å². The Kier molecular flexibility index (Phi) is 4.58. The molecule has 2 fully saturated rings. The Hall–Kier alpha value is -3.30. The number of pyridine rings is 2. The minimum Gasteiger partial charge on any atom is -0.334 e. The predicted molar refractivity (Wildman–Crippen MR) is 108 cm³/mol. The molecule has 2 aliphatic rings. The third-order valence-corrected chi connectivity index (χ3v) is 6.38. The van der Waals surface area contributed by atoms with Gasteiger partial charge >= 0.3 is 12.1 Å². The number of carbonyl (C=O) groups is 2. The van der Waals surface area contributed by atoms with Crippen LogP contribution >= 0.6 is 0 Å². The molecular weight excluding hydrogens is 423 g/mol. The van der Waals surface area contributed by atoms with Crippen LogP contribution in [0.15, 0.2) is 36.8 Å². The SMILES string of the molecule is Cn1cc(-c2ccc3cnc(CC(=O)C4CC5(C4)CN(C(=O)C(F)(F)F)C5)cc3n2)cn1. The van der Waals surface area contributed by atoms with Crippen molar-refractivity contribution in [3.8, 4) is 11.3 Å². The molecule has 0 atom stereocenters. The van der Waals surface area contributed by atoms with Crippen molar-refractivity contribution >= 4 is 22.6 Å². The Morgan fingerprint density at radius 3 is 2.59 bits per heavy atom. The molecule has 1 aliphatic heterocycles. The summed E-state index contributed by atoms with van der Waals surface area (Å²) in [5.41, 5.74) is 2.68. The van der Waals surface area contributed by atoms with Gasteiger partial charge in [0.15, 0.2) is 0 Å². The molecule has 1 amide bonds. The van der Waals surface area contributed by atoms with E-state index in [-0.39, 0.29) is 36.6 Å². The van der Waals surface area contributed by atoms with E-state index in [1.165, 1.54) is 0 Å². The average molecular weight is 443 g/mol. The van der Waals surface area contributed by atoms with Crippen LogP contribution in [0.4, 0.5) is 13.2 Å². The van der Waals surface area contributed by atoms with Gasteiger partial charge < -0.3 is 4.90 Å². The molecule has 4 heterocycles. The highest BCUT2D eigenvalue weighted by Crippen LogP contribution is 2.53. The maximum absolute atomic E-state index is 12.7. The lowest BCUT2D eigenvalue weighted by Gasteiger charge is -2.58. The summed E-state index contributed by atoms with van der Waals surface area (Å²) in [6.45, 7) is 0.148. The molecule has 0 N–H and O–H groups in total. The molecule has 3 aromatic rings. The highest BCUT2D eigenvalue weighted by molar-refractivity contribution is 5.87. The monoisotopic (exact) mass is 443 g/mol. The van der Waals surface area contributed by atoms with Crippen LogP contribution < -0.4 is 0 Å². The third kappa shape index (κ3) is 3.63. The summed E-state index contributed by atoms with van der Waals surface area (Å²) in [6, 6.07) is 5.61. The zero-order chi connectivity index (χ0) is 22.7. The minimum atomic E-state index is -4.84. The maximum Gasteiger partial charge on any atom is 0.471 e. The van der Waals surface area contributed by atoms with Crippen molar-refractivity contribution in [2.45, 2.75) is 25.4 Å². The number of ketones is 1. The van der Waals surface area contributed by atoms with Crippen molar-refractivity contribution in [3.05, 3.63) is 42.5 Å². The summed E-state index contributed by atoms with van der Waals surface area (Å²) >= 11 is 0. The molecule has 32 heavy (non-hydrogen) atoms. The number of carbonyl (C=O) groups excluding carboxylic acids is 2. The first-order valence-corrected chi connectivity index (χ1v) is 10.3. The van der Waals surface area contributed by atoms with Gasteiger partial charge in [-0.3, -0.25) is 19.3 Å². The second kappa shape index (κ2) is 7.11. The fourth-order valence-corrected chi connectivity index (χ4v) is 4.75. The first-order valence-electron chi connectivity index (χ1n) is 10.3. The highest BCUT2D eigenvalue weighted by Gasteiger charge is 2.58. The van der Waals surface area contributed by atoms with Crippen LogP contribution in [0.2, 0.25) is 0 Å². The maximum atomic E-state index is 12.7. The standard InChI is InChI=1S/C22H20F3N5O2/c1-29-10-15(9-27-29)17-3-2-13-8-26-16(4-18(13)28-17)5-19(31)14-6-21(7-14)11-30(12-21)20(32)22(23,24)25/h2-4,8-10,14H,5-7,11-12H2,1H3. The molecule has 1 spiro atoms. The van der Waals surface area contributed by atoms with Gasteiger partial charge in [0.2, 0.25) is 0 Å². The molecule has 1 aliphatic carbocycles. The van der Waals surface area contributed by atoms with E-state index in [1.54, 1.807) is 23.1 Å². The fourth-order valence-electron chi connectivity index (χ4n) is 4.75. The van der Waals surface area contributed by atoms with Gasteiger partial charge in [0.25, 0.3) is 0 Å². The first kappa shape index (κ1) is 20.6. The van der Waals surface area contributed by atoms with E-state index in [2.05, 4.69) is 15.1 Å². The number of fused-ring (bicyclic) bond motifs is 1. The first-order chi connectivity index (χ1) is 15.1. The largest absolute Gasteiger partial charge is 0.471 e. The molecule has 0 aromatic carbocycles. The van der Waals surface area contributed by atoms with Crippen molar-refractivity contribution in [3.63, 3.8) is 0 Å². The van der Waals surface area contributed by atoms with Crippen LogP contribution in [0.1, 0.15) is 18.5 Å². The summed E-state index contributed by atoms with van der Waals surface area (Å²) in [5.74, 6) is -1.98. The molecule has 3 aromatic heterocycles. The number of aromatic nitrogens is 4. The van der Waals surface area contributed by atoms with Crippen molar-refractivity contribution < 1.29 is 22.8 Å². The van der Waals surface area contributed by atoms with E-state index in [0.717, 1.165) is 27.1 Å². The van der Waals surface area contributed by atoms with E-state index in [9.17, 15) is 22.8 Å². The lowest BCUT2D eigenvalue weighted by atomic mass is 9.56. The van der Waals surface area contributed by atoms with E-state index in [0.29, 0.717) is 18.5 Å². The number of Topliss-reactive ketones (excluding diaryl/α,β-unsaturated/α-hetero) is 1. The lowest BCUT2D eigenvalue weighted by Crippen LogP contribution is -2.66. The van der Waals surface area contributed by atoms with Crippen molar-refractivity contribution in [2.24, 2.45) is 18.4 Å². The lowest BCUT2D eigenvalue weighted by molar-refractivity contribution is -0.203. The van der Waals surface area contributed by atoms with Crippen molar-refractivity contribution in [1.82, 2.24) is 24.6 Å². The van der Waals surface area contributed by atoms with Crippen LogP contribution in [0, 0.1) is 11.3 Å². The molecule has 1 saturated heterocycles. The smallest absolute Gasteiger partial charge is 0.334 e. The van der Waals surface area contributed by atoms with Gasteiger partial charge in [-0.1, -0.05) is 0 Å². The van der Waals surface area contributed by atoms with Gasteiger partial charge in [-0.2, -0.15) is 18.3 Å². The fraction of sp³-hybridized carbons (Fsp3) is 0.409. The van der Waals surface area contributed by atoms with Crippen LogP contribution in [-0.4, -0.2) is 55.6 Å². The number of likely N-dealkylation sites (tertiary alicyclic amines) is 1. The quantitative estimate of drug-likeness (QED) is 0.620. The van der Waals surface area contributed by atoms with Crippen LogP contribution in [0.25, 0.3) is 22.2 Å². The molecule has 166 valence electrons. The molecule has 5 rings (SSSR count). The zero-order valence-electron chi connectivity index (χ0n) is 17.3. The van der Waals surface area contributed by atoms with Gasteiger partial charge in [-0.25, -0.2) is 4.98 Å². The van der Waals surface area contributed by atoms with E-state index >= 15 is 0 Å². The number of nitrogens with zero attached hydrogens (tertiary/aromatic N) is 5. The normalized spacial score (nSPS) is 17.9. The van der Waals surface area contributed by atoms with E-state index in [4.69, 9.17) is 0 Å². The second-order valence-corrected chi connectivity index (χ2v) is 8.87. The van der Waals surface area contributed by atoms with Gasteiger partial charge in [0.1, 0.15) is 5.78 Å². The Bertz CT molecular complexity index is 1220. The van der Waals surface area contributed by atoms with Crippen molar-refractivity contribution in [2.75, 3.05) is 13.1 Å². The Morgan fingerprint density at radius 2 is 1.94 bits per heavy atom. The summed E-state index contributed by atoms with van der Waals surface area (Å²) < 4.78 is 39.2. The van der Waals surface area contributed by atoms with Crippen molar-refractivity contribution in [1.29, 1.82) is 0 Å². The third-order valence-electron chi connectivity index (χ3n) is 6.38. The number of hydrogen-bond acceptors (Lipinski definition) is 5. The second-order valence-electron chi connectivity index (χ2n) is 8.87. The van der Waals surface area contributed by atoms with Crippen LogP contribution in [0.3, 0.4) is 0 Å². The molecule has 0 bridgehead atoms. The highest BCUT2D eigenvalue weighted by atomic mass is 19.4. The molecule has 0 unspecified atom stereocenters. The zero-order valence-corrected chi connectivity index (χ0v) is 17.3. The minimum absolute atomic E-state index is 0.0199. The van der Waals surface area contributed by atoms with Crippen LogP contribution in [-0.2, 0) is 23.1 Å². The van der Waals surface area contributed by atoms with Gasteiger partial charge in [-0.05, 0) is 31.0 Å². The summed E-state index contributed by atoms with van der Waals surface area (Å²) in [4.78, 5) is 33.8. The van der Waals surface area contributed by atoms with Crippen LogP contribution in [0.5, 0.6) is 0 Å². The van der Waals surface area contributed by atoms with E-state index in [1.807, 2.05) is 25.4 Å². The number of hydrogen-bond donors (Lipinski definition) is 0. The molecule has 1 saturated carbocycles. The van der Waals surface area contributed by atoms with E-state index < -0.39 is 12.1 Å².